The summed E-state index contributed by atoms with van der Waals surface area (Å²) in [7, 11) is 2.83. The Labute approximate surface area is 143 Å². The Bertz CT molecular complexity index is 891. The number of rotatable bonds is 5. The van der Waals surface area contributed by atoms with Gasteiger partial charge in [-0.3, -0.25) is 4.98 Å². The van der Waals surface area contributed by atoms with E-state index in [0.29, 0.717) is 46.2 Å². The zero-order valence-electron chi connectivity index (χ0n) is 13.2. The Morgan fingerprint density at radius 2 is 2.08 bits per heavy atom. The first kappa shape index (κ1) is 16.3. The lowest BCUT2D eigenvalue weighted by molar-refractivity contribution is 0.0600. The summed E-state index contributed by atoms with van der Waals surface area (Å²) in [5.74, 6) is 0.516. The molecule has 0 amide bonds. The van der Waals surface area contributed by atoms with Crippen LogP contribution in [-0.2, 0) is 17.6 Å². The molecule has 0 spiro atoms. The van der Waals surface area contributed by atoms with Gasteiger partial charge in [0.1, 0.15) is 5.52 Å². The smallest absolute Gasteiger partial charge is 0.338 e. The quantitative estimate of drug-likeness (QED) is 0.659. The molecule has 3 aromatic rings. The zero-order chi connectivity index (χ0) is 17.1. The Morgan fingerprint density at radius 1 is 1.25 bits per heavy atom. The van der Waals surface area contributed by atoms with Crippen LogP contribution in [0.2, 0.25) is 5.02 Å². The third kappa shape index (κ3) is 3.33. The first-order valence-corrected chi connectivity index (χ1v) is 7.64. The lowest BCUT2D eigenvalue weighted by atomic mass is 10.2. The number of oxazole rings is 1. The molecule has 3 rings (SSSR count). The van der Waals surface area contributed by atoms with Crippen LogP contribution in [0.25, 0.3) is 11.1 Å². The summed E-state index contributed by atoms with van der Waals surface area (Å²) < 4.78 is 15.8. The van der Waals surface area contributed by atoms with Crippen molar-refractivity contribution in [1.29, 1.82) is 0 Å². The van der Waals surface area contributed by atoms with E-state index in [1.807, 2.05) is 0 Å². The van der Waals surface area contributed by atoms with Gasteiger partial charge in [-0.25, -0.2) is 9.78 Å². The number of nitrogens with zero attached hydrogens (tertiary/aromatic N) is 2. The number of carbonyl (C=O) groups excluding carboxylic acids is 1. The van der Waals surface area contributed by atoms with E-state index in [4.69, 9.17) is 25.5 Å². The van der Waals surface area contributed by atoms with Gasteiger partial charge in [-0.15, -0.1) is 0 Å². The van der Waals surface area contributed by atoms with Crippen LogP contribution < -0.4 is 4.74 Å². The lowest BCUT2D eigenvalue weighted by Gasteiger charge is -2.03. The standard InChI is InChI=1S/C17H15ClN2O4/c1-22-14-8-10(17(21)23-2)7-13-16(14)24-15(20-13)4-3-12-9-11(18)5-6-19-12/h5-9H,3-4H2,1-2H3. The van der Waals surface area contributed by atoms with Crippen LogP contribution in [0, 0.1) is 0 Å². The van der Waals surface area contributed by atoms with Gasteiger partial charge in [0, 0.05) is 23.3 Å². The van der Waals surface area contributed by atoms with E-state index >= 15 is 0 Å². The lowest BCUT2D eigenvalue weighted by Crippen LogP contribution is -2.01. The number of aromatic nitrogens is 2. The van der Waals surface area contributed by atoms with E-state index in [9.17, 15) is 4.79 Å². The Kier molecular flexibility index (Phi) is 4.66. The maximum absolute atomic E-state index is 11.7. The minimum atomic E-state index is -0.456. The molecule has 0 aliphatic rings. The average molecular weight is 347 g/mol. The number of methoxy groups -OCH3 is 2. The molecule has 0 saturated heterocycles. The highest BCUT2D eigenvalue weighted by Gasteiger charge is 2.16. The predicted octanol–water partition coefficient (Wildman–Crippen LogP) is 3.46. The molecule has 0 bridgehead atoms. The van der Waals surface area contributed by atoms with Crippen molar-refractivity contribution in [2.45, 2.75) is 12.8 Å². The number of pyridine rings is 1. The van der Waals surface area contributed by atoms with Gasteiger partial charge >= 0.3 is 5.97 Å². The van der Waals surface area contributed by atoms with Crippen LogP contribution in [0.1, 0.15) is 21.9 Å². The van der Waals surface area contributed by atoms with Crippen molar-refractivity contribution in [1.82, 2.24) is 9.97 Å². The highest BCUT2D eigenvalue weighted by molar-refractivity contribution is 6.30. The fourth-order valence-corrected chi connectivity index (χ4v) is 2.55. The number of fused-ring (bicyclic) bond motifs is 1. The van der Waals surface area contributed by atoms with Gasteiger partial charge in [-0.2, -0.15) is 0 Å². The molecular formula is C17H15ClN2O4. The molecule has 0 radical (unpaired) electrons. The van der Waals surface area contributed by atoms with Crippen LogP contribution in [0.5, 0.6) is 5.75 Å². The van der Waals surface area contributed by atoms with E-state index in [2.05, 4.69) is 9.97 Å². The van der Waals surface area contributed by atoms with E-state index in [1.54, 1.807) is 30.5 Å². The van der Waals surface area contributed by atoms with Crippen molar-refractivity contribution in [3.8, 4) is 5.75 Å². The van der Waals surface area contributed by atoms with Crippen molar-refractivity contribution in [2.75, 3.05) is 14.2 Å². The number of carbonyl (C=O) groups is 1. The maximum atomic E-state index is 11.7. The average Bonchev–Trinajstić information content (AvgIpc) is 3.01. The molecule has 0 saturated carbocycles. The molecule has 7 heteroatoms. The fraction of sp³-hybridized carbons (Fsp3) is 0.235. The first-order valence-electron chi connectivity index (χ1n) is 7.27. The molecule has 6 nitrogen and oxygen atoms in total. The van der Waals surface area contributed by atoms with Crippen LogP contribution in [0.3, 0.4) is 0 Å². The van der Waals surface area contributed by atoms with Crippen molar-refractivity contribution >= 4 is 28.7 Å². The van der Waals surface area contributed by atoms with Gasteiger partial charge in [0.25, 0.3) is 0 Å². The summed E-state index contributed by atoms with van der Waals surface area (Å²) in [6, 6.07) is 6.72. The van der Waals surface area contributed by atoms with Gasteiger partial charge in [0.05, 0.1) is 19.8 Å². The molecule has 1 aromatic carbocycles. The van der Waals surface area contributed by atoms with Crippen molar-refractivity contribution in [2.24, 2.45) is 0 Å². The van der Waals surface area contributed by atoms with Gasteiger partial charge in [0.2, 0.25) is 0 Å². The molecule has 24 heavy (non-hydrogen) atoms. The third-order valence-corrected chi connectivity index (χ3v) is 3.75. The second kappa shape index (κ2) is 6.88. The summed E-state index contributed by atoms with van der Waals surface area (Å²) in [5.41, 5.74) is 2.26. The van der Waals surface area contributed by atoms with Crippen molar-refractivity contribution in [3.63, 3.8) is 0 Å². The van der Waals surface area contributed by atoms with Gasteiger partial charge in [-0.05, 0) is 30.7 Å². The van der Waals surface area contributed by atoms with E-state index < -0.39 is 5.97 Å². The summed E-state index contributed by atoms with van der Waals surface area (Å²) in [6.45, 7) is 0. The van der Waals surface area contributed by atoms with Crippen LogP contribution in [-0.4, -0.2) is 30.2 Å². The highest BCUT2D eigenvalue weighted by Crippen LogP contribution is 2.29. The SMILES string of the molecule is COC(=O)c1cc(OC)c2oc(CCc3cc(Cl)ccn3)nc2c1. The third-order valence-electron chi connectivity index (χ3n) is 3.51. The highest BCUT2D eigenvalue weighted by atomic mass is 35.5. The summed E-state index contributed by atoms with van der Waals surface area (Å²) in [5, 5.41) is 0.641. The first-order chi connectivity index (χ1) is 11.6. The molecule has 2 heterocycles. The van der Waals surface area contributed by atoms with Crippen molar-refractivity contribution < 1.29 is 18.7 Å². The summed E-state index contributed by atoms with van der Waals surface area (Å²) in [4.78, 5) is 20.4. The van der Waals surface area contributed by atoms with E-state index in [0.717, 1.165) is 5.69 Å². The summed E-state index contributed by atoms with van der Waals surface area (Å²) in [6.07, 6.45) is 2.85. The van der Waals surface area contributed by atoms with Gasteiger partial charge < -0.3 is 13.9 Å². The Balaban J connectivity index is 1.88. The Morgan fingerprint density at radius 3 is 2.79 bits per heavy atom. The minimum Gasteiger partial charge on any atom is -0.493 e. The monoisotopic (exact) mass is 346 g/mol. The van der Waals surface area contributed by atoms with E-state index in [-0.39, 0.29) is 0 Å². The van der Waals surface area contributed by atoms with Gasteiger partial charge in [-0.1, -0.05) is 11.6 Å². The number of benzene rings is 1. The molecule has 0 unspecified atom stereocenters. The van der Waals surface area contributed by atoms with Gasteiger partial charge in [0.15, 0.2) is 17.2 Å². The largest absolute Gasteiger partial charge is 0.493 e. The molecule has 0 N–H and O–H groups in total. The zero-order valence-corrected chi connectivity index (χ0v) is 14.0. The topological polar surface area (TPSA) is 74.5 Å². The number of halogens is 1. The normalized spacial score (nSPS) is 10.8. The molecular weight excluding hydrogens is 332 g/mol. The molecule has 0 atom stereocenters. The number of aryl methyl sites for hydroxylation is 2. The molecule has 2 aromatic heterocycles. The molecule has 0 aliphatic heterocycles. The summed E-state index contributed by atoms with van der Waals surface area (Å²) >= 11 is 5.95. The van der Waals surface area contributed by atoms with E-state index in [1.165, 1.54) is 14.2 Å². The van der Waals surface area contributed by atoms with Crippen LogP contribution >= 0.6 is 11.6 Å². The van der Waals surface area contributed by atoms with Crippen molar-refractivity contribution in [3.05, 3.63) is 52.6 Å². The number of hydrogen-bond acceptors (Lipinski definition) is 6. The van der Waals surface area contributed by atoms with Crippen LogP contribution in [0.15, 0.2) is 34.9 Å². The molecule has 0 aliphatic carbocycles. The maximum Gasteiger partial charge on any atom is 0.338 e. The second-order valence-electron chi connectivity index (χ2n) is 5.09. The fourth-order valence-electron chi connectivity index (χ4n) is 2.36. The molecule has 0 fully saturated rings. The number of ether oxygens (including phenoxy) is 2. The number of hydrogen-bond donors (Lipinski definition) is 0. The Hall–Kier alpha value is -2.60. The minimum absolute atomic E-state index is 0.359. The van der Waals surface area contributed by atoms with Crippen LogP contribution in [0.4, 0.5) is 0 Å². The number of esters is 1. The molecule has 124 valence electrons. The predicted molar refractivity (Wildman–Crippen MR) is 88.6 cm³/mol. The second-order valence-corrected chi connectivity index (χ2v) is 5.53.